The molecule has 1 rings (SSSR count). The molecule has 1 aromatic rings. The topological polar surface area (TPSA) is 15.3 Å². The summed E-state index contributed by atoms with van der Waals surface area (Å²) in [4.78, 5) is 3.72. The molecule has 0 unspecified atom stereocenters. The molecule has 0 aliphatic heterocycles. The number of unbranched alkanes of at least 4 members (excludes halogenated alkanes) is 2. The number of thiophene rings is 1. The molecule has 0 fully saturated rings. The number of hydrogen-bond donors (Lipinski definition) is 1. The number of nitrogens with zero attached hydrogens (tertiary/aromatic N) is 1. The van der Waals surface area contributed by atoms with Crippen molar-refractivity contribution in [3.05, 3.63) is 21.3 Å². The molecule has 1 N–H and O–H groups in total. The number of rotatable bonds is 9. The third kappa shape index (κ3) is 7.04. The van der Waals surface area contributed by atoms with E-state index < -0.39 is 0 Å². The van der Waals surface area contributed by atoms with Gasteiger partial charge in [0, 0.05) is 11.4 Å². The fraction of sp³-hybridized carbons (Fsp3) is 0.692. The quantitative estimate of drug-likeness (QED) is 0.692. The van der Waals surface area contributed by atoms with E-state index in [1.165, 1.54) is 30.7 Å². The van der Waals surface area contributed by atoms with Gasteiger partial charge in [0.05, 0.1) is 4.34 Å². The van der Waals surface area contributed by atoms with E-state index in [9.17, 15) is 0 Å². The summed E-state index contributed by atoms with van der Waals surface area (Å²) in [5, 5.41) is 3.35. The molecule has 0 aliphatic carbocycles. The Labute approximate surface area is 114 Å². The van der Waals surface area contributed by atoms with Crippen LogP contribution in [-0.2, 0) is 6.54 Å². The molecule has 17 heavy (non-hydrogen) atoms. The molecule has 1 heterocycles. The highest BCUT2D eigenvalue weighted by molar-refractivity contribution is 7.16. The summed E-state index contributed by atoms with van der Waals surface area (Å²) in [7, 11) is 2.18. The van der Waals surface area contributed by atoms with Gasteiger partial charge in [-0.1, -0.05) is 24.9 Å². The first-order chi connectivity index (χ1) is 8.22. The van der Waals surface area contributed by atoms with E-state index in [1.54, 1.807) is 11.3 Å². The van der Waals surface area contributed by atoms with Crippen molar-refractivity contribution >= 4 is 22.9 Å². The molecular weight excluding hydrogens is 252 g/mol. The van der Waals surface area contributed by atoms with Gasteiger partial charge in [-0.05, 0) is 51.7 Å². The summed E-state index contributed by atoms with van der Waals surface area (Å²) in [6.45, 7) is 6.58. The lowest BCUT2D eigenvalue weighted by Crippen LogP contribution is -2.19. The average molecular weight is 275 g/mol. The second-order valence-electron chi connectivity index (χ2n) is 4.36. The summed E-state index contributed by atoms with van der Waals surface area (Å²) in [6, 6.07) is 4.10. The third-order valence-corrected chi connectivity index (χ3v) is 3.91. The average Bonchev–Trinajstić information content (AvgIpc) is 2.69. The summed E-state index contributed by atoms with van der Waals surface area (Å²) >= 11 is 7.59. The van der Waals surface area contributed by atoms with Crippen molar-refractivity contribution in [1.29, 1.82) is 0 Å². The van der Waals surface area contributed by atoms with Crippen molar-refractivity contribution in [3.63, 3.8) is 0 Å². The predicted molar refractivity (Wildman–Crippen MR) is 78.1 cm³/mol. The maximum atomic E-state index is 5.91. The minimum absolute atomic E-state index is 0.888. The second kappa shape index (κ2) is 8.92. The van der Waals surface area contributed by atoms with E-state index in [2.05, 4.69) is 30.3 Å². The summed E-state index contributed by atoms with van der Waals surface area (Å²) < 4.78 is 0.888. The van der Waals surface area contributed by atoms with E-state index in [0.29, 0.717) is 0 Å². The lowest BCUT2D eigenvalue weighted by Gasteiger charge is -2.15. The second-order valence-corrected chi connectivity index (χ2v) is 6.16. The van der Waals surface area contributed by atoms with Crippen LogP contribution >= 0.6 is 22.9 Å². The van der Waals surface area contributed by atoms with Crippen LogP contribution in [0.15, 0.2) is 12.1 Å². The monoisotopic (exact) mass is 274 g/mol. The minimum atomic E-state index is 0.888. The van der Waals surface area contributed by atoms with E-state index in [4.69, 9.17) is 11.6 Å². The zero-order valence-electron chi connectivity index (χ0n) is 10.8. The molecule has 0 radical (unpaired) electrons. The Morgan fingerprint density at radius 3 is 2.76 bits per heavy atom. The zero-order chi connectivity index (χ0) is 12.5. The molecule has 0 saturated heterocycles. The zero-order valence-corrected chi connectivity index (χ0v) is 12.4. The lowest BCUT2D eigenvalue weighted by atomic mass is 10.2. The standard InChI is InChI=1S/C13H23ClN2S/c1-3-15-9-5-4-6-10-16(2)11-12-7-8-13(14)17-12/h7-8,15H,3-6,9-11H2,1-2H3. The van der Waals surface area contributed by atoms with E-state index in [-0.39, 0.29) is 0 Å². The maximum Gasteiger partial charge on any atom is 0.0931 e. The molecular formula is C13H23ClN2S. The van der Waals surface area contributed by atoms with E-state index in [1.807, 2.05) is 6.07 Å². The Balaban J connectivity index is 2.03. The van der Waals surface area contributed by atoms with Gasteiger partial charge < -0.3 is 10.2 Å². The number of hydrogen-bond acceptors (Lipinski definition) is 3. The van der Waals surface area contributed by atoms with Crippen molar-refractivity contribution in [2.24, 2.45) is 0 Å². The molecule has 0 aromatic carbocycles. The fourth-order valence-corrected chi connectivity index (χ4v) is 2.93. The van der Waals surface area contributed by atoms with Crippen LogP contribution in [0, 0.1) is 0 Å². The summed E-state index contributed by atoms with van der Waals surface area (Å²) in [5.41, 5.74) is 0. The Bertz CT molecular complexity index is 301. The highest BCUT2D eigenvalue weighted by atomic mass is 35.5. The van der Waals surface area contributed by atoms with Crippen LogP contribution in [-0.4, -0.2) is 31.6 Å². The Morgan fingerprint density at radius 1 is 1.29 bits per heavy atom. The molecule has 0 saturated carbocycles. The smallest absolute Gasteiger partial charge is 0.0931 e. The van der Waals surface area contributed by atoms with Gasteiger partial charge in [0.1, 0.15) is 0 Å². The maximum absolute atomic E-state index is 5.91. The predicted octanol–water partition coefficient (Wildman–Crippen LogP) is 3.61. The highest BCUT2D eigenvalue weighted by Crippen LogP contribution is 2.22. The van der Waals surface area contributed by atoms with Crippen molar-refractivity contribution in [1.82, 2.24) is 10.2 Å². The van der Waals surface area contributed by atoms with Gasteiger partial charge >= 0.3 is 0 Å². The third-order valence-electron chi connectivity index (χ3n) is 2.70. The fourth-order valence-electron chi connectivity index (χ4n) is 1.77. The Kier molecular flexibility index (Phi) is 7.86. The SMILES string of the molecule is CCNCCCCCN(C)Cc1ccc(Cl)s1. The minimum Gasteiger partial charge on any atom is -0.317 e. The van der Waals surface area contributed by atoms with Gasteiger partial charge in [0.25, 0.3) is 0 Å². The summed E-state index contributed by atoms with van der Waals surface area (Å²) in [5.74, 6) is 0. The normalized spacial score (nSPS) is 11.3. The van der Waals surface area contributed by atoms with E-state index >= 15 is 0 Å². The van der Waals surface area contributed by atoms with Crippen LogP contribution in [0.4, 0.5) is 0 Å². The van der Waals surface area contributed by atoms with Crippen molar-refractivity contribution in [3.8, 4) is 0 Å². The van der Waals surface area contributed by atoms with Crippen LogP contribution in [0.2, 0.25) is 4.34 Å². The molecule has 4 heteroatoms. The van der Waals surface area contributed by atoms with Gasteiger partial charge in [0.15, 0.2) is 0 Å². The van der Waals surface area contributed by atoms with Gasteiger partial charge in [-0.25, -0.2) is 0 Å². The summed E-state index contributed by atoms with van der Waals surface area (Å²) in [6.07, 6.45) is 3.87. The van der Waals surface area contributed by atoms with Gasteiger partial charge in [0.2, 0.25) is 0 Å². The van der Waals surface area contributed by atoms with Crippen LogP contribution in [0.5, 0.6) is 0 Å². The van der Waals surface area contributed by atoms with Crippen molar-refractivity contribution < 1.29 is 0 Å². The first kappa shape index (κ1) is 15.0. The van der Waals surface area contributed by atoms with Crippen LogP contribution < -0.4 is 5.32 Å². The highest BCUT2D eigenvalue weighted by Gasteiger charge is 2.02. The molecule has 0 atom stereocenters. The first-order valence-corrected chi connectivity index (χ1v) is 7.55. The van der Waals surface area contributed by atoms with Crippen molar-refractivity contribution in [2.75, 3.05) is 26.7 Å². The largest absolute Gasteiger partial charge is 0.317 e. The molecule has 0 spiro atoms. The van der Waals surface area contributed by atoms with Crippen molar-refractivity contribution in [2.45, 2.75) is 32.7 Å². The molecule has 1 aromatic heterocycles. The number of nitrogens with one attached hydrogen (secondary N) is 1. The molecule has 2 nitrogen and oxygen atoms in total. The Hall–Kier alpha value is -0.0900. The first-order valence-electron chi connectivity index (χ1n) is 6.36. The Morgan fingerprint density at radius 2 is 2.12 bits per heavy atom. The molecule has 0 aliphatic rings. The van der Waals surface area contributed by atoms with Gasteiger partial charge in [-0.15, -0.1) is 11.3 Å². The molecule has 0 bridgehead atoms. The van der Waals surface area contributed by atoms with Crippen LogP contribution in [0.1, 0.15) is 31.1 Å². The van der Waals surface area contributed by atoms with E-state index in [0.717, 1.165) is 24.0 Å². The lowest BCUT2D eigenvalue weighted by molar-refractivity contribution is 0.319. The van der Waals surface area contributed by atoms with Gasteiger partial charge in [-0.2, -0.15) is 0 Å². The molecule has 0 amide bonds. The molecule has 98 valence electrons. The number of halogens is 1. The van der Waals surface area contributed by atoms with Crippen LogP contribution in [0.25, 0.3) is 0 Å². The van der Waals surface area contributed by atoms with Gasteiger partial charge in [-0.3, -0.25) is 0 Å². The van der Waals surface area contributed by atoms with Crippen LogP contribution in [0.3, 0.4) is 0 Å².